The molecule has 2 rings (SSSR count). The summed E-state index contributed by atoms with van der Waals surface area (Å²) in [6, 6.07) is 3.40. The van der Waals surface area contributed by atoms with E-state index in [1.54, 1.807) is 12.1 Å². The van der Waals surface area contributed by atoms with Gasteiger partial charge in [-0.25, -0.2) is 14.8 Å². The Bertz CT molecular complexity index is 656. The molecule has 0 saturated heterocycles. The maximum atomic E-state index is 11.4. The van der Waals surface area contributed by atoms with Gasteiger partial charge in [-0.1, -0.05) is 31.4 Å². The van der Waals surface area contributed by atoms with Crippen molar-refractivity contribution >= 4 is 28.5 Å². The molecule has 0 radical (unpaired) electrons. The number of fused-ring (bicyclic) bond motifs is 1. The summed E-state index contributed by atoms with van der Waals surface area (Å²) in [4.78, 5) is 20.1. The molecule has 0 spiro atoms. The number of hydrogen-bond donors (Lipinski definition) is 1. The van der Waals surface area contributed by atoms with Gasteiger partial charge in [0, 0.05) is 16.8 Å². The van der Waals surface area contributed by atoms with Crippen molar-refractivity contribution in [1.82, 2.24) is 9.97 Å². The number of aromatic nitrogens is 2. The fraction of sp³-hybridized carbons (Fsp3) is 0.400. The lowest BCUT2D eigenvalue weighted by Gasteiger charge is -2.08. The number of aromatic carboxylic acids is 1. The summed E-state index contributed by atoms with van der Waals surface area (Å²) in [7, 11) is 0. The van der Waals surface area contributed by atoms with Crippen molar-refractivity contribution < 1.29 is 9.90 Å². The molecule has 0 aliphatic heterocycles. The number of nitrogens with zero attached hydrogens (tertiary/aromatic N) is 2. The number of unbranched alkanes of at least 4 members (excludes halogenated alkanes) is 2. The molecular formula is C15H17ClN2O2. The smallest absolute Gasteiger partial charge is 0.355 e. The molecule has 2 aromatic rings. The summed E-state index contributed by atoms with van der Waals surface area (Å²) in [6.45, 7) is 4.00. The second-order valence-corrected chi connectivity index (χ2v) is 5.31. The Morgan fingerprint density at radius 1 is 1.30 bits per heavy atom. The number of carboxylic acid groups (broad SMARTS) is 1. The monoisotopic (exact) mass is 292 g/mol. The largest absolute Gasteiger partial charge is 0.476 e. The van der Waals surface area contributed by atoms with E-state index in [1.807, 2.05) is 6.92 Å². The van der Waals surface area contributed by atoms with Gasteiger partial charge < -0.3 is 5.11 Å². The lowest BCUT2D eigenvalue weighted by atomic mass is 10.1. The van der Waals surface area contributed by atoms with E-state index in [0.717, 1.165) is 24.8 Å². The molecule has 0 bridgehead atoms. The van der Waals surface area contributed by atoms with E-state index in [-0.39, 0.29) is 5.69 Å². The quantitative estimate of drug-likeness (QED) is 0.845. The molecule has 1 heterocycles. The number of rotatable bonds is 5. The first-order chi connectivity index (χ1) is 9.52. The molecule has 5 heteroatoms. The highest BCUT2D eigenvalue weighted by atomic mass is 35.5. The molecule has 0 amide bonds. The molecule has 0 aliphatic carbocycles. The Labute approximate surface area is 122 Å². The summed E-state index contributed by atoms with van der Waals surface area (Å²) in [5, 5.41) is 10.3. The van der Waals surface area contributed by atoms with Gasteiger partial charge in [0.15, 0.2) is 5.69 Å². The fourth-order valence-electron chi connectivity index (χ4n) is 2.22. The minimum atomic E-state index is -1.05. The Kier molecular flexibility index (Phi) is 4.55. The topological polar surface area (TPSA) is 63.1 Å². The molecular weight excluding hydrogens is 276 g/mol. The normalized spacial score (nSPS) is 10.9. The Morgan fingerprint density at radius 3 is 2.70 bits per heavy atom. The molecule has 20 heavy (non-hydrogen) atoms. The van der Waals surface area contributed by atoms with Crippen LogP contribution in [0.25, 0.3) is 10.9 Å². The van der Waals surface area contributed by atoms with Gasteiger partial charge >= 0.3 is 5.97 Å². The van der Waals surface area contributed by atoms with E-state index in [2.05, 4.69) is 16.9 Å². The van der Waals surface area contributed by atoms with Gasteiger partial charge in [-0.3, -0.25) is 0 Å². The minimum absolute atomic E-state index is 0.0344. The van der Waals surface area contributed by atoms with Crippen LogP contribution in [-0.4, -0.2) is 21.0 Å². The third-order valence-electron chi connectivity index (χ3n) is 3.21. The van der Waals surface area contributed by atoms with Crippen LogP contribution in [0.4, 0.5) is 0 Å². The summed E-state index contributed by atoms with van der Waals surface area (Å²) < 4.78 is 0. The molecule has 1 N–H and O–H groups in total. The molecule has 0 fully saturated rings. The van der Waals surface area contributed by atoms with Gasteiger partial charge in [-0.05, 0) is 31.0 Å². The Morgan fingerprint density at radius 2 is 2.05 bits per heavy atom. The first-order valence-corrected chi connectivity index (χ1v) is 7.10. The summed E-state index contributed by atoms with van der Waals surface area (Å²) in [6.07, 6.45) is 3.86. The second-order valence-electron chi connectivity index (χ2n) is 4.87. The maximum Gasteiger partial charge on any atom is 0.355 e. The van der Waals surface area contributed by atoms with Crippen LogP contribution in [0.15, 0.2) is 12.1 Å². The van der Waals surface area contributed by atoms with Gasteiger partial charge in [0.2, 0.25) is 0 Å². The van der Waals surface area contributed by atoms with Crippen molar-refractivity contribution in [2.24, 2.45) is 0 Å². The number of aryl methyl sites for hydroxylation is 2. The van der Waals surface area contributed by atoms with Crippen molar-refractivity contribution in [3.05, 3.63) is 34.2 Å². The second kappa shape index (κ2) is 6.18. The number of carbonyl (C=O) groups is 1. The molecule has 106 valence electrons. The number of carboxylic acids is 1. The van der Waals surface area contributed by atoms with Gasteiger partial charge in [0.25, 0.3) is 0 Å². The van der Waals surface area contributed by atoms with Gasteiger partial charge in [-0.2, -0.15) is 0 Å². The van der Waals surface area contributed by atoms with Crippen LogP contribution >= 0.6 is 11.6 Å². The molecule has 1 aromatic carbocycles. The van der Waals surface area contributed by atoms with E-state index in [9.17, 15) is 9.90 Å². The van der Waals surface area contributed by atoms with Crippen LogP contribution in [-0.2, 0) is 6.42 Å². The fourth-order valence-corrected chi connectivity index (χ4v) is 2.49. The molecule has 1 aromatic heterocycles. The van der Waals surface area contributed by atoms with Crippen molar-refractivity contribution in [2.45, 2.75) is 39.5 Å². The van der Waals surface area contributed by atoms with Crippen LogP contribution in [0, 0.1) is 6.92 Å². The molecule has 0 atom stereocenters. The van der Waals surface area contributed by atoms with Gasteiger partial charge in [0.1, 0.15) is 5.82 Å². The van der Waals surface area contributed by atoms with Crippen LogP contribution in [0.2, 0.25) is 5.02 Å². The van der Waals surface area contributed by atoms with Crippen LogP contribution < -0.4 is 0 Å². The molecule has 0 unspecified atom stereocenters. The van der Waals surface area contributed by atoms with E-state index >= 15 is 0 Å². The lowest BCUT2D eigenvalue weighted by molar-refractivity contribution is 0.0692. The van der Waals surface area contributed by atoms with Gasteiger partial charge in [-0.15, -0.1) is 0 Å². The lowest BCUT2D eigenvalue weighted by Crippen LogP contribution is -2.07. The van der Waals surface area contributed by atoms with Crippen molar-refractivity contribution in [2.75, 3.05) is 0 Å². The highest BCUT2D eigenvalue weighted by molar-refractivity contribution is 6.31. The average Bonchev–Trinajstić information content (AvgIpc) is 2.38. The number of halogens is 1. The van der Waals surface area contributed by atoms with Crippen LogP contribution in [0.5, 0.6) is 0 Å². The molecule has 0 saturated carbocycles. The summed E-state index contributed by atoms with van der Waals surface area (Å²) in [5.74, 6) is -0.454. The van der Waals surface area contributed by atoms with E-state index in [0.29, 0.717) is 28.2 Å². The number of benzene rings is 1. The van der Waals surface area contributed by atoms with Crippen molar-refractivity contribution in [3.63, 3.8) is 0 Å². The van der Waals surface area contributed by atoms with E-state index in [4.69, 9.17) is 11.6 Å². The minimum Gasteiger partial charge on any atom is -0.476 e. The predicted octanol–water partition coefficient (Wildman–Crippen LogP) is 4.02. The zero-order valence-electron chi connectivity index (χ0n) is 11.6. The summed E-state index contributed by atoms with van der Waals surface area (Å²) >= 11 is 5.99. The Balaban J connectivity index is 2.55. The predicted molar refractivity (Wildman–Crippen MR) is 79.5 cm³/mol. The average molecular weight is 293 g/mol. The van der Waals surface area contributed by atoms with E-state index < -0.39 is 5.97 Å². The molecule has 4 nitrogen and oxygen atoms in total. The van der Waals surface area contributed by atoms with Crippen molar-refractivity contribution in [3.8, 4) is 0 Å². The first kappa shape index (κ1) is 14.7. The summed E-state index contributed by atoms with van der Waals surface area (Å²) in [5.41, 5.74) is 1.58. The SMILES string of the molecule is CCCCCc1nc(C(=O)O)c2cc(Cl)cc(C)c2n1. The Hall–Kier alpha value is -1.68. The third-order valence-corrected chi connectivity index (χ3v) is 3.43. The van der Waals surface area contributed by atoms with Gasteiger partial charge in [0.05, 0.1) is 5.52 Å². The third kappa shape index (κ3) is 3.07. The van der Waals surface area contributed by atoms with Crippen LogP contribution in [0.3, 0.4) is 0 Å². The zero-order chi connectivity index (χ0) is 14.7. The zero-order valence-corrected chi connectivity index (χ0v) is 12.4. The number of hydrogen-bond acceptors (Lipinski definition) is 3. The van der Waals surface area contributed by atoms with Crippen molar-refractivity contribution in [1.29, 1.82) is 0 Å². The maximum absolute atomic E-state index is 11.4. The molecule has 0 aliphatic rings. The standard InChI is InChI=1S/C15H17ClN2O2/c1-3-4-5-6-12-17-13-9(2)7-10(16)8-11(13)14(18-12)15(19)20/h7-8H,3-6H2,1-2H3,(H,19,20). The van der Waals surface area contributed by atoms with E-state index in [1.165, 1.54) is 0 Å². The van der Waals surface area contributed by atoms with Crippen LogP contribution in [0.1, 0.15) is 48.1 Å². The first-order valence-electron chi connectivity index (χ1n) is 6.73. The highest BCUT2D eigenvalue weighted by Crippen LogP contribution is 2.25. The highest BCUT2D eigenvalue weighted by Gasteiger charge is 2.15.